The second kappa shape index (κ2) is 5.63. The topological polar surface area (TPSA) is 80.7 Å². The van der Waals surface area contributed by atoms with Crippen LogP contribution in [0, 0.1) is 11.7 Å². The molecular formula is C14H17FO5S. The summed E-state index contributed by atoms with van der Waals surface area (Å²) in [6.07, 6.45) is 2.56. The number of hydrogen-bond acceptors (Lipinski definition) is 4. The van der Waals surface area contributed by atoms with Crippen molar-refractivity contribution in [3.8, 4) is 5.75 Å². The Morgan fingerprint density at radius 1 is 1.48 bits per heavy atom. The molecule has 0 bridgehead atoms. The van der Waals surface area contributed by atoms with Gasteiger partial charge in [0.05, 0.1) is 13.5 Å². The van der Waals surface area contributed by atoms with Crippen molar-refractivity contribution in [3.05, 3.63) is 23.5 Å². The number of carboxylic acid groups (broad SMARTS) is 1. The number of carbonyl (C=O) groups is 1. The molecule has 1 aliphatic carbocycles. The molecule has 7 heteroatoms. The number of sulfone groups is 1. The molecule has 0 heterocycles. The Morgan fingerprint density at radius 3 is 2.52 bits per heavy atom. The fraction of sp³-hybridized carbons (Fsp3) is 0.500. The van der Waals surface area contributed by atoms with Crippen LogP contribution in [0.15, 0.2) is 17.0 Å². The van der Waals surface area contributed by atoms with Crippen LogP contribution in [-0.4, -0.2) is 32.9 Å². The van der Waals surface area contributed by atoms with Crippen molar-refractivity contribution < 1.29 is 27.4 Å². The largest absolute Gasteiger partial charge is 0.493 e. The SMILES string of the molecule is COc1c(C(CC(=O)O)C2CC2)ccc(S(C)(=O)=O)c1F. The van der Waals surface area contributed by atoms with Crippen LogP contribution < -0.4 is 4.74 Å². The van der Waals surface area contributed by atoms with Gasteiger partial charge < -0.3 is 9.84 Å². The van der Waals surface area contributed by atoms with Gasteiger partial charge >= 0.3 is 5.97 Å². The Labute approximate surface area is 122 Å². The number of rotatable bonds is 6. The molecule has 0 spiro atoms. The lowest BCUT2D eigenvalue weighted by Gasteiger charge is -2.19. The molecule has 116 valence electrons. The maximum Gasteiger partial charge on any atom is 0.303 e. The van der Waals surface area contributed by atoms with E-state index in [-0.39, 0.29) is 24.0 Å². The monoisotopic (exact) mass is 316 g/mol. The summed E-state index contributed by atoms with van der Waals surface area (Å²) < 4.78 is 42.5. The van der Waals surface area contributed by atoms with Gasteiger partial charge in [0.15, 0.2) is 21.4 Å². The fourth-order valence-electron chi connectivity index (χ4n) is 2.56. The highest BCUT2D eigenvalue weighted by Gasteiger charge is 2.36. The van der Waals surface area contributed by atoms with Gasteiger partial charge in [0, 0.05) is 17.7 Å². The van der Waals surface area contributed by atoms with Gasteiger partial charge in [-0.3, -0.25) is 4.79 Å². The number of methoxy groups -OCH3 is 1. The molecule has 0 aromatic heterocycles. The second-order valence-corrected chi connectivity index (χ2v) is 7.30. The van der Waals surface area contributed by atoms with Gasteiger partial charge in [0.25, 0.3) is 0 Å². The average molecular weight is 316 g/mol. The molecule has 1 aromatic rings. The molecule has 1 aliphatic rings. The van der Waals surface area contributed by atoms with E-state index in [0.717, 1.165) is 19.1 Å². The summed E-state index contributed by atoms with van der Waals surface area (Å²) in [6, 6.07) is 2.64. The smallest absolute Gasteiger partial charge is 0.303 e. The molecule has 2 rings (SSSR count). The van der Waals surface area contributed by atoms with Gasteiger partial charge in [-0.25, -0.2) is 12.8 Å². The summed E-state index contributed by atoms with van der Waals surface area (Å²) >= 11 is 0. The molecule has 1 saturated carbocycles. The van der Waals surface area contributed by atoms with E-state index < -0.39 is 26.5 Å². The van der Waals surface area contributed by atoms with Gasteiger partial charge in [-0.05, 0) is 24.8 Å². The third kappa shape index (κ3) is 3.34. The van der Waals surface area contributed by atoms with Gasteiger partial charge in [0.1, 0.15) is 4.90 Å². The zero-order valence-corrected chi connectivity index (χ0v) is 12.6. The number of ether oxygens (including phenoxy) is 1. The van der Waals surface area contributed by atoms with Crippen LogP contribution >= 0.6 is 0 Å². The van der Waals surface area contributed by atoms with Crippen molar-refractivity contribution in [2.24, 2.45) is 5.92 Å². The molecule has 1 atom stereocenters. The number of hydrogen-bond donors (Lipinski definition) is 1. The van der Waals surface area contributed by atoms with Gasteiger partial charge in [0.2, 0.25) is 0 Å². The first-order valence-electron chi connectivity index (χ1n) is 6.54. The van der Waals surface area contributed by atoms with Crippen LogP contribution in [0.5, 0.6) is 5.75 Å². The number of aliphatic carboxylic acids is 1. The van der Waals surface area contributed by atoms with Gasteiger partial charge in [-0.1, -0.05) is 6.07 Å². The number of benzene rings is 1. The van der Waals surface area contributed by atoms with E-state index in [4.69, 9.17) is 9.84 Å². The Bertz CT molecular complexity index is 664. The standard InChI is InChI=1S/C14H17FO5S/c1-20-14-9(10(7-12(16)17)8-3-4-8)5-6-11(13(14)15)21(2,18)19/h5-6,8,10H,3-4,7H2,1-2H3,(H,16,17). The minimum atomic E-state index is -3.71. The highest BCUT2D eigenvalue weighted by molar-refractivity contribution is 7.90. The Hall–Kier alpha value is -1.63. The number of halogens is 1. The second-order valence-electron chi connectivity index (χ2n) is 5.31. The third-order valence-electron chi connectivity index (χ3n) is 3.68. The quantitative estimate of drug-likeness (QED) is 0.870. The van der Waals surface area contributed by atoms with Crippen molar-refractivity contribution in [2.75, 3.05) is 13.4 Å². The third-order valence-corrected chi connectivity index (χ3v) is 4.80. The summed E-state index contributed by atoms with van der Waals surface area (Å²) in [7, 11) is -2.46. The highest BCUT2D eigenvalue weighted by atomic mass is 32.2. The Balaban J connectivity index is 2.53. The Kier molecular flexibility index (Phi) is 4.22. The zero-order valence-electron chi connectivity index (χ0n) is 11.8. The molecule has 1 N–H and O–H groups in total. The highest BCUT2D eigenvalue weighted by Crippen LogP contribution is 2.48. The van der Waals surface area contributed by atoms with E-state index >= 15 is 0 Å². The van der Waals surface area contributed by atoms with E-state index in [1.54, 1.807) is 0 Å². The molecule has 0 radical (unpaired) electrons. The lowest BCUT2D eigenvalue weighted by atomic mass is 9.90. The van der Waals surface area contributed by atoms with E-state index in [0.29, 0.717) is 5.56 Å². The molecule has 1 unspecified atom stereocenters. The number of carboxylic acids is 1. The molecule has 21 heavy (non-hydrogen) atoms. The van der Waals surface area contributed by atoms with Crippen LogP contribution in [0.1, 0.15) is 30.7 Å². The summed E-state index contributed by atoms with van der Waals surface area (Å²) in [5, 5.41) is 9.01. The van der Waals surface area contributed by atoms with Crippen molar-refractivity contribution in [1.29, 1.82) is 0 Å². The van der Waals surface area contributed by atoms with Gasteiger partial charge in [-0.15, -0.1) is 0 Å². The molecular weight excluding hydrogens is 299 g/mol. The molecule has 1 fully saturated rings. The lowest BCUT2D eigenvalue weighted by Crippen LogP contribution is -2.12. The van der Waals surface area contributed by atoms with Crippen LogP contribution in [0.2, 0.25) is 0 Å². The summed E-state index contributed by atoms with van der Waals surface area (Å²) in [6.45, 7) is 0. The predicted molar refractivity (Wildman–Crippen MR) is 73.8 cm³/mol. The molecule has 5 nitrogen and oxygen atoms in total. The van der Waals surface area contributed by atoms with Crippen molar-refractivity contribution in [2.45, 2.75) is 30.1 Å². The maximum absolute atomic E-state index is 14.4. The summed E-state index contributed by atoms with van der Waals surface area (Å²) in [5.74, 6) is -2.27. The molecule has 0 amide bonds. The molecule has 0 saturated heterocycles. The first-order chi connectivity index (χ1) is 9.75. The minimum absolute atomic E-state index is 0.126. The van der Waals surface area contributed by atoms with Crippen molar-refractivity contribution in [3.63, 3.8) is 0 Å². The van der Waals surface area contributed by atoms with E-state index in [1.165, 1.54) is 19.2 Å². The van der Waals surface area contributed by atoms with Crippen LogP contribution in [0.3, 0.4) is 0 Å². The summed E-state index contributed by atoms with van der Waals surface area (Å²) in [5.41, 5.74) is 0.423. The zero-order chi connectivity index (χ0) is 15.8. The van der Waals surface area contributed by atoms with E-state index in [9.17, 15) is 17.6 Å². The first-order valence-corrected chi connectivity index (χ1v) is 8.43. The Morgan fingerprint density at radius 2 is 2.10 bits per heavy atom. The average Bonchev–Trinajstić information content (AvgIpc) is 3.18. The van der Waals surface area contributed by atoms with Crippen LogP contribution in [0.4, 0.5) is 4.39 Å². The normalized spacial score (nSPS) is 16.5. The maximum atomic E-state index is 14.4. The van der Waals surface area contributed by atoms with Crippen molar-refractivity contribution in [1.82, 2.24) is 0 Å². The van der Waals surface area contributed by atoms with Crippen LogP contribution in [0.25, 0.3) is 0 Å². The lowest BCUT2D eigenvalue weighted by molar-refractivity contribution is -0.137. The van der Waals surface area contributed by atoms with Crippen molar-refractivity contribution >= 4 is 15.8 Å². The predicted octanol–water partition coefficient (Wildman–Crippen LogP) is 2.21. The molecule has 1 aromatic carbocycles. The van der Waals surface area contributed by atoms with Gasteiger partial charge in [-0.2, -0.15) is 0 Å². The minimum Gasteiger partial charge on any atom is -0.493 e. The fourth-order valence-corrected chi connectivity index (χ4v) is 3.29. The van der Waals surface area contributed by atoms with E-state index in [1.807, 2.05) is 0 Å². The molecule has 0 aliphatic heterocycles. The van der Waals surface area contributed by atoms with Crippen LogP contribution in [-0.2, 0) is 14.6 Å². The van der Waals surface area contributed by atoms with E-state index in [2.05, 4.69) is 0 Å². The summed E-state index contributed by atoms with van der Waals surface area (Å²) in [4.78, 5) is 10.6. The first kappa shape index (κ1) is 15.8.